The molecule has 4 aromatic rings. The summed E-state index contributed by atoms with van der Waals surface area (Å²) in [6.45, 7) is 0. The van der Waals surface area contributed by atoms with Gasteiger partial charge in [0.05, 0.1) is 11.8 Å². The molecule has 0 amide bonds. The fourth-order valence-corrected chi connectivity index (χ4v) is 2.94. The fourth-order valence-electron chi connectivity index (χ4n) is 2.42. The predicted molar refractivity (Wildman–Crippen MR) is 94.3 cm³/mol. The van der Waals surface area contributed by atoms with E-state index >= 15 is 0 Å². The molecule has 0 saturated carbocycles. The molecule has 1 unspecified atom stereocenters. The summed E-state index contributed by atoms with van der Waals surface area (Å²) in [6, 6.07) is 9.04. The fraction of sp³-hybridized carbons (Fsp3) is 0.125. The normalized spacial score (nSPS) is 12.4. The van der Waals surface area contributed by atoms with Gasteiger partial charge in [0.15, 0.2) is 11.6 Å². The largest absolute Gasteiger partial charge is 0.472 e. The Morgan fingerprint density at radius 2 is 2.08 bits per heavy atom. The molecule has 0 radical (unpaired) electrons. The quantitative estimate of drug-likeness (QED) is 0.548. The summed E-state index contributed by atoms with van der Waals surface area (Å²) >= 11 is 10.6. The van der Waals surface area contributed by atoms with E-state index < -0.39 is 5.25 Å². The van der Waals surface area contributed by atoms with Crippen LogP contribution in [0.15, 0.2) is 51.8 Å². The van der Waals surface area contributed by atoms with Crippen molar-refractivity contribution in [2.45, 2.75) is 5.25 Å². The van der Waals surface area contributed by atoms with Crippen LogP contribution in [-0.2, 0) is 7.05 Å². The molecule has 0 bridgehead atoms. The second-order valence-electron chi connectivity index (χ2n) is 5.32. The SMILES string of the molecule is Cn1c(-c2ccoc2)nnc1C(S)c1nc(-c2cccc(Cl)c2)no1. The molecular formula is C16H12ClN5O2S. The van der Waals surface area contributed by atoms with Crippen LogP contribution in [0.3, 0.4) is 0 Å². The average molecular weight is 374 g/mol. The van der Waals surface area contributed by atoms with Crippen molar-refractivity contribution in [1.82, 2.24) is 24.9 Å². The number of thiol groups is 1. The van der Waals surface area contributed by atoms with E-state index in [4.69, 9.17) is 20.5 Å². The lowest BCUT2D eigenvalue weighted by atomic mass is 10.2. The van der Waals surface area contributed by atoms with Crippen LogP contribution < -0.4 is 0 Å². The molecule has 0 aliphatic carbocycles. The van der Waals surface area contributed by atoms with Gasteiger partial charge in [0.2, 0.25) is 11.7 Å². The van der Waals surface area contributed by atoms with Crippen molar-refractivity contribution in [3.8, 4) is 22.8 Å². The summed E-state index contributed by atoms with van der Waals surface area (Å²) in [6.07, 6.45) is 3.18. The Hall–Kier alpha value is -2.58. The summed E-state index contributed by atoms with van der Waals surface area (Å²) < 4.78 is 12.2. The zero-order valence-electron chi connectivity index (χ0n) is 13.0. The lowest BCUT2D eigenvalue weighted by molar-refractivity contribution is 0.381. The molecule has 0 spiro atoms. The van der Waals surface area contributed by atoms with E-state index in [1.807, 2.05) is 29.8 Å². The molecule has 9 heteroatoms. The molecule has 0 N–H and O–H groups in total. The number of furan rings is 1. The Labute approximate surface area is 153 Å². The molecule has 3 aromatic heterocycles. The van der Waals surface area contributed by atoms with Gasteiger partial charge in [0.25, 0.3) is 0 Å². The maximum atomic E-state index is 6.00. The van der Waals surface area contributed by atoms with Crippen molar-refractivity contribution in [2.75, 3.05) is 0 Å². The molecule has 1 atom stereocenters. The second-order valence-corrected chi connectivity index (χ2v) is 6.27. The van der Waals surface area contributed by atoms with Crippen molar-refractivity contribution in [1.29, 1.82) is 0 Å². The number of benzene rings is 1. The number of nitrogens with zero attached hydrogens (tertiary/aromatic N) is 5. The molecule has 4 rings (SSSR count). The number of hydrogen-bond acceptors (Lipinski definition) is 7. The Balaban J connectivity index is 1.65. The van der Waals surface area contributed by atoms with E-state index in [0.29, 0.717) is 28.4 Å². The van der Waals surface area contributed by atoms with Gasteiger partial charge in [-0.3, -0.25) is 0 Å². The van der Waals surface area contributed by atoms with E-state index in [2.05, 4.69) is 33.0 Å². The van der Waals surface area contributed by atoms with Gasteiger partial charge in [-0.15, -0.1) is 10.2 Å². The third kappa shape index (κ3) is 2.94. The summed E-state index contributed by atoms with van der Waals surface area (Å²) in [5.41, 5.74) is 1.59. The van der Waals surface area contributed by atoms with Crippen LogP contribution in [0.1, 0.15) is 17.0 Å². The zero-order valence-corrected chi connectivity index (χ0v) is 14.6. The first-order valence-electron chi connectivity index (χ1n) is 7.33. The highest BCUT2D eigenvalue weighted by atomic mass is 35.5. The molecule has 7 nitrogen and oxygen atoms in total. The molecule has 0 saturated heterocycles. The Kier molecular flexibility index (Phi) is 4.06. The molecule has 0 aliphatic heterocycles. The van der Waals surface area contributed by atoms with Crippen molar-refractivity contribution >= 4 is 24.2 Å². The van der Waals surface area contributed by atoms with Gasteiger partial charge >= 0.3 is 0 Å². The minimum atomic E-state index is -0.515. The number of aromatic nitrogens is 5. The molecule has 1 aromatic carbocycles. The van der Waals surface area contributed by atoms with E-state index in [1.165, 1.54) is 0 Å². The monoisotopic (exact) mass is 373 g/mol. The van der Waals surface area contributed by atoms with Crippen molar-refractivity contribution in [3.63, 3.8) is 0 Å². The number of halogens is 1. The number of rotatable bonds is 4. The lowest BCUT2D eigenvalue weighted by Crippen LogP contribution is -2.04. The van der Waals surface area contributed by atoms with Crippen molar-refractivity contribution in [2.24, 2.45) is 7.05 Å². The lowest BCUT2D eigenvalue weighted by Gasteiger charge is -2.05. The van der Waals surface area contributed by atoms with E-state index in [0.717, 1.165) is 11.1 Å². The molecular weight excluding hydrogens is 362 g/mol. The second kappa shape index (κ2) is 6.38. The first kappa shape index (κ1) is 15.9. The van der Waals surface area contributed by atoms with Gasteiger partial charge in [-0.05, 0) is 18.2 Å². The van der Waals surface area contributed by atoms with E-state index in [1.54, 1.807) is 24.7 Å². The van der Waals surface area contributed by atoms with Gasteiger partial charge in [0.1, 0.15) is 11.5 Å². The van der Waals surface area contributed by atoms with Crippen molar-refractivity contribution in [3.05, 3.63) is 59.6 Å². The maximum absolute atomic E-state index is 6.00. The van der Waals surface area contributed by atoms with Gasteiger partial charge in [0, 0.05) is 17.6 Å². The predicted octanol–water partition coefficient (Wildman–Crippen LogP) is 3.80. The van der Waals surface area contributed by atoms with E-state index in [-0.39, 0.29) is 0 Å². The Morgan fingerprint density at radius 1 is 1.20 bits per heavy atom. The Bertz CT molecular complexity index is 1010. The van der Waals surface area contributed by atoms with Crippen LogP contribution >= 0.6 is 24.2 Å². The number of hydrogen-bond donors (Lipinski definition) is 1. The molecule has 0 fully saturated rings. The van der Waals surface area contributed by atoms with Crippen LogP contribution in [0.4, 0.5) is 0 Å². The topological polar surface area (TPSA) is 82.8 Å². The minimum Gasteiger partial charge on any atom is -0.472 e. The van der Waals surface area contributed by atoms with Crippen LogP contribution in [-0.4, -0.2) is 24.9 Å². The highest BCUT2D eigenvalue weighted by molar-refractivity contribution is 7.80. The Morgan fingerprint density at radius 3 is 2.84 bits per heavy atom. The molecule has 3 heterocycles. The summed E-state index contributed by atoms with van der Waals surface area (Å²) in [5.74, 6) is 2.01. The highest BCUT2D eigenvalue weighted by Crippen LogP contribution is 2.30. The van der Waals surface area contributed by atoms with Gasteiger partial charge < -0.3 is 13.5 Å². The van der Waals surface area contributed by atoms with Gasteiger partial charge in [-0.25, -0.2) is 0 Å². The third-order valence-corrected chi connectivity index (χ3v) is 4.38. The first-order chi connectivity index (χ1) is 12.1. The summed E-state index contributed by atoms with van der Waals surface area (Å²) in [7, 11) is 1.84. The van der Waals surface area contributed by atoms with Crippen LogP contribution in [0.2, 0.25) is 5.02 Å². The van der Waals surface area contributed by atoms with Crippen LogP contribution in [0.25, 0.3) is 22.8 Å². The minimum absolute atomic E-state index is 0.326. The smallest absolute Gasteiger partial charge is 0.247 e. The third-order valence-electron chi connectivity index (χ3n) is 3.69. The van der Waals surface area contributed by atoms with Gasteiger partial charge in [-0.1, -0.05) is 28.9 Å². The molecule has 126 valence electrons. The summed E-state index contributed by atoms with van der Waals surface area (Å²) in [5, 5.41) is 12.4. The van der Waals surface area contributed by atoms with Crippen molar-refractivity contribution < 1.29 is 8.94 Å². The maximum Gasteiger partial charge on any atom is 0.247 e. The van der Waals surface area contributed by atoms with Gasteiger partial charge in [-0.2, -0.15) is 17.6 Å². The highest BCUT2D eigenvalue weighted by Gasteiger charge is 2.24. The standard InChI is InChI=1S/C16H12ClN5O2S/c1-22-14(10-5-6-23-8-10)19-20-15(22)12(25)16-18-13(21-24-16)9-3-2-4-11(17)7-9/h2-8,12,25H,1H3. The van der Waals surface area contributed by atoms with Crippen LogP contribution in [0.5, 0.6) is 0 Å². The molecule has 25 heavy (non-hydrogen) atoms. The van der Waals surface area contributed by atoms with E-state index in [9.17, 15) is 0 Å². The first-order valence-corrected chi connectivity index (χ1v) is 8.22. The average Bonchev–Trinajstić information content (AvgIpc) is 3.35. The summed E-state index contributed by atoms with van der Waals surface area (Å²) in [4.78, 5) is 4.40. The van der Waals surface area contributed by atoms with Crippen LogP contribution in [0, 0.1) is 0 Å². The molecule has 0 aliphatic rings. The zero-order chi connectivity index (χ0) is 17.4.